The number of hydrogen-bond acceptors (Lipinski definition) is 7. The van der Waals surface area contributed by atoms with Crippen LogP contribution in [0.5, 0.6) is 5.75 Å². The van der Waals surface area contributed by atoms with Crippen LogP contribution in [0.2, 0.25) is 0 Å². The van der Waals surface area contributed by atoms with Crippen molar-refractivity contribution in [3.05, 3.63) is 30.5 Å². The molecule has 7 nitrogen and oxygen atoms in total. The molecule has 0 unspecified atom stereocenters. The summed E-state index contributed by atoms with van der Waals surface area (Å²) in [5, 5.41) is 8.93. The van der Waals surface area contributed by atoms with E-state index in [2.05, 4.69) is 20.3 Å². The van der Waals surface area contributed by atoms with Crippen LogP contribution in [0.1, 0.15) is 0 Å². The van der Waals surface area contributed by atoms with E-state index in [1.807, 2.05) is 30.5 Å². The minimum Gasteiger partial charge on any atom is -0.491 e. The largest absolute Gasteiger partial charge is 0.491 e. The molecule has 0 atom stereocenters. The van der Waals surface area contributed by atoms with E-state index in [-0.39, 0.29) is 0 Å². The second-order valence-corrected chi connectivity index (χ2v) is 5.18. The molecule has 2 heterocycles. The van der Waals surface area contributed by atoms with E-state index >= 15 is 0 Å². The number of nitrogens with zero attached hydrogens (tertiary/aromatic N) is 5. The van der Waals surface area contributed by atoms with Gasteiger partial charge in [-0.3, -0.25) is 0 Å². The summed E-state index contributed by atoms with van der Waals surface area (Å²) in [6.45, 7) is 1.04. The van der Waals surface area contributed by atoms with Crippen LogP contribution in [0.15, 0.2) is 35.6 Å². The molecular weight excluding hydrogens is 302 g/mol. The number of fused-ring (bicyclic) bond motifs is 1. The first kappa shape index (κ1) is 14.7. The van der Waals surface area contributed by atoms with Crippen LogP contribution in [0.25, 0.3) is 16.9 Å². The van der Waals surface area contributed by atoms with E-state index in [9.17, 15) is 0 Å². The van der Waals surface area contributed by atoms with Crippen LogP contribution in [0.4, 0.5) is 0 Å². The monoisotopic (exact) mass is 317 g/mol. The Bertz CT molecular complexity index is 777. The van der Waals surface area contributed by atoms with E-state index < -0.39 is 0 Å². The number of aromatic nitrogens is 5. The molecule has 114 valence electrons. The summed E-state index contributed by atoms with van der Waals surface area (Å²) in [4.78, 5) is 8.66. The van der Waals surface area contributed by atoms with Crippen LogP contribution in [0, 0.1) is 0 Å². The van der Waals surface area contributed by atoms with Gasteiger partial charge in [-0.25, -0.2) is 9.97 Å². The number of ether oxygens (including phenoxy) is 2. The van der Waals surface area contributed by atoms with Crippen LogP contribution in [-0.2, 0) is 4.74 Å². The van der Waals surface area contributed by atoms with Crippen molar-refractivity contribution in [3.63, 3.8) is 0 Å². The number of thioether (sulfide) groups is 1. The molecular formula is C14H15N5O2S. The Kier molecular flexibility index (Phi) is 4.50. The third-order valence-corrected chi connectivity index (χ3v) is 3.53. The zero-order valence-corrected chi connectivity index (χ0v) is 13.1. The zero-order valence-electron chi connectivity index (χ0n) is 12.3. The third-order valence-electron chi connectivity index (χ3n) is 2.97. The maximum Gasteiger partial charge on any atom is 0.189 e. The van der Waals surface area contributed by atoms with Crippen molar-refractivity contribution in [3.8, 4) is 11.4 Å². The second kappa shape index (κ2) is 6.71. The fourth-order valence-corrected chi connectivity index (χ4v) is 2.27. The Hall–Kier alpha value is -2.19. The lowest BCUT2D eigenvalue weighted by Crippen LogP contribution is -2.05. The Morgan fingerprint density at radius 1 is 1.27 bits per heavy atom. The normalized spacial score (nSPS) is 11.0. The summed E-state index contributed by atoms with van der Waals surface area (Å²) in [6, 6.07) is 7.62. The quantitative estimate of drug-likeness (QED) is 0.391. The smallest absolute Gasteiger partial charge is 0.189 e. The minimum absolute atomic E-state index is 0.497. The SMILES string of the molecule is COCCOc1cccc(-n2nnc3cnc(SC)nc32)c1. The highest BCUT2D eigenvalue weighted by Crippen LogP contribution is 2.20. The number of hydrogen-bond donors (Lipinski definition) is 0. The lowest BCUT2D eigenvalue weighted by molar-refractivity contribution is 0.146. The molecule has 0 aliphatic carbocycles. The average molecular weight is 317 g/mol. The summed E-state index contributed by atoms with van der Waals surface area (Å²) in [7, 11) is 1.64. The van der Waals surface area contributed by atoms with Gasteiger partial charge in [0.1, 0.15) is 12.4 Å². The molecule has 0 aliphatic rings. The van der Waals surface area contributed by atoms with Crippen molar-refractivity contribution in [2.45, 2.75) is 5.16 Å². The molecule has 1 aromatic carbocycles. The maximum atomic E-state index is 5.62. The van der Waals surface area contributed by atoms with Gasteiger partial charge in [-0.2, -0.15) is 4.68 Å². The molecule has 0 saturated carbocycles. The van der Waals surface area contributed by atoms with E-state index in [4.69, 9.17) is 9.47 Å². The van der Waals surface area contributed by atoms with Gasteiger partial charge in [-0.05, 0) is 18.4 Å². The Balaban J connectivity index is 1.95. The maximum absolute atomic E-state index is 5.62. The van der Waals surface area contributed by atoms with Crippen molar-refractivity contribution in [2.24, 2.45) is 0 Å². The predicted molar refractivity (Wildman–Crippen MR) is 83.6 cm³/mol. The van der Waals surface area contributed by atoms with Gasteiger partial charge >= 0.3 is 0 Å². The van der Waals surface area contributed by atoms with Gasteiger partial charge < -0.3 is 9.47 Å². The number of benzene rings is 1. The lowest BCUT2D eigenvalue weighted by atomic mass is 10.3. The average Bonchev–Trinajstić information content (AvgIpc) is 2.98. The molecule has 0 N–H and O–H groups in total. The highest BCUT2D eigenvalue weighted by atomic mass is 32.2. The molecule has 0 saturated heterocycles. The first-order chi connectivity index (χ1) is 10.8. The van der Waals surface area contributed by atoms with Crippen LogP contribution < -0.4 is 4.74 Å². The van der Waals surface area contributed by atoms with Crippen LogP contribution in [-0.4, -0.2) is 51.5 Å². The third kappa shape index (κ3) is 3.02. The standard InChI is InChI=1S/C14H15N5O2S/c1-20-6-7-21-11-5-3-4-10(8-11)19-13-12(17-18-19)9-15-14(16-13)22-2/h3-5,8-9H,6-7H2,1-2H3. The Morgan fingerprint density at radius 2 is 2.18 bits per heavy atom. The van der Waals surface area contributed by atoms with Crippen molar-refractivity contribution >= 4 is 22.9 Å². The van der Waals surface area contributed by atoms with Crippen LogP contribution >= 0.6 is 11.8 Å². The van der Waals surface area contributed by atoms with E-state index in [0.29, 0.717) is 29.5 Å². The van der Waals surface area contributed by atoms with Crippen molar-refractivity contribution < 1.29 is 9.47 Å². The van der Waals surface area contributed by atoms with Gasteiger partial charge in [0.15, 0.2) is 16.3 Å². The molecule has 22 heavy (non-hydrogen) atoms. The van der Waals surface area contributed by atoms with E-state index in [0.717, 1.165) is 11.4 Å². The van der Waals surface area contributed by atoms with Gasteiger partial charge in [0.05, 0.1) is 18.5 Å². The highest BCUT2D eigenvalue weighted by molar-refractivity contribution is 7.98. The van der Waals surface area contributed by atoms with Crippen molar-refractivity contribution in [1.29, 1.82) is 0 Å². The molecule has 2 aromatic heterocycles. The molecule has 0 radical (unpaired) electrons. The van der Waals surface area contributed by atoms with E-state index in [1.54, 1.807) is 18.0 Å². The lowest BCUT2D eigenvalue weighted by Gasteiger charge is -2.07. The summed E-state index contributed by atoms with van der Waals surface area (Å²) in [5.41, 5.74) is 2.17. The fourth-order valence-electron chi connectivity index (χ4n) is 1.93. The van der Waals surface area contributed by atoms with Crippen molar-refractivity contribution in [1.82, 2.24) is 25.0 Å². The van der Waals surface area contributed by atoms with Gasteiger partial charge in [-0.15, -0.1) is 5.10 Å². The fraction of sp³-hybridized carbons (Fsp3) is 0.286. The predicted octanol–water partition coefficient (Wildman–Crippen LogP) is 1.96. The van der Waals surface area contributed by atoms with Crippen LogP contribution in [0.3, 0.4) is 0 Å². The highest BCUT2D eigenvalue weighted by Gasteiger charge is 2.10. The number of rotatable bonds is 6. The van der Waals surface area contributed by atoms with Gasteiger partial charge in [0.25, 0.3) is 0 Å². The zero-order chi connectivity index (χ0) is 15.4. The summed E-state index contributed by atoms with van der Waals surface area (Å²) >= 11 is 1.48. The minimum atomic E-state index is 0.497. The van der Waals surface area contributed by atoms with Gasteiger partial charge in [0, 0.05) is 13.2 Å². The molecule has 0 amide bonds. The Morgan fingerprint density at radius 3 is 3.00 bits per heavy atom. The van der Waals surface area contributed by atoms with Crippen molar-refractivity contribution in [2.75, 3.05) is 26.6 Å². The summed E-state index contributed by atoms with van der Waals surface area (Å²) in [6.07, 6.45) is 3.61. The molecule has 0 fully saturated rings. The second-order valence-electron chi connectivity index (χ2n) is 4.41. The molecule has 3 aromatic rings. The first-order valence-corrected chi connectivity index (χ1v) is 7.89. The summed E-state index contributed by atoms with van der Waals surface area (Å²) in [5.74, 6) is 0.748. The molecule has 3 rings (SSSR count). The first-order valence-electron chi connectivity index (χ1n) is 6.66. The molecule has 0 aliphatic heterocycles. The van der Waals surface area contributed by atoms with Gasteiger partial charge in [0.2, 0.25) is 0 Å². The Labute approximate surface area is 131 Å². The van der Waals surface area contributed by atoms with E-state index in [1.165, 1.54) is 11.8 Å². The topological polar surface area (TPSA) is 75.0 Å². The number of methoxy groups -OCH3 is 1. The summed E-state index contributed by atoms with van der Waals surface area (Å²) < 4.78 is 12.3. The molecule has 0 spiro atoms. The molecule has 8 heteroatoms. The van der Waals surface area contributed by atoms with Gasteiger partial charge in [-0.1, -0.05) is 23.0 Å². The molecule has 0 bridgehead atoms.